The van der Waals surface area contributed by atoms with Crippen molar-refractivity contribution in [3.05, 3.63) is 64.1 Å². The number of hydrogen-bond acceptors (Lipinski definition) is 4. The molecule has 0 saturated heterocycles. The van der Waals surface area contributed by atoms with Gasteiger partial charge < -0.3 is 14.4 Å². The largest absolute Gasteiger partial charge is 0.484 e. The third-order valence-electron chi connectivity index (χ3n) is 3.43. The number of esters is 1. The quantitative estimate of drug-likeness (QED) is 0.709. The molecule has 0 fully saturated rings. The number of amides is 1. The maximum absolute atomic E-state index is 12.2. The molecule has 5 nitrogen and oxygen atoms in total. The molecule has 6 heteroatoms. The summed E-state index contributed by atoms with van der Waals surface area (Å²) >= 11 is 3.47. The van der Waals surface area contributed by atoms with Crippen LogP contribution in [-0.2, 0) is 16.1 Å². The summed E-state index contributed by atoms with van der Waals surface area (Å²) in [5, 5.41) is 0. The number of methoxy groups -OCH3 is 1. The average molecular weight is 392 g/mol. The molecular weight excluding hydrogens is 374 g/mol. The molecule has 0 N–H and O–H groups in total. The summed E-state index contributed by atoms with van der Waals surface area (Å²) in [6.45, 7) is 0.420. The predicted molar refractivity (Wildman–Crippen MR) is 93.9 cm³/mol. The second-order valence-electron chi connectivity index (χ2n) is 5.15. The van der Waals surface area contributed by atoms with Crippen LogP contribution in [-0.4, -0.2) is 37.5 Å². The van der Waals surface area contributed by atoms with Gasteiger partial charge in [-0.2, -0.15) is 0 Å². The van der Waals surface area contributed by atoms with Crippen LogP contribution in [0.5, 0.6) is 5.75 Å². The summed E-state index contributed by atoms with van der Waals surface area (Å²) < 4.78 is 11.1. The zero-order valence-electron chi connectivity index (χ0n) is 13.5. The first-order valence-corrected chi connectivity index (χ1v) is 8.09. The third kappa shape index (κ3) is 4.83. The lowest BCUT2D eigenvalue weighted by Crippen LogP contribution is -2.31. The van der Waals surface area contributed by atoms with E-state index in [2.05, 4.69) is 20.7 Å². The van der Waals surface area contributed by atoms with Crippen LogP contribution in [0.1, 0.15) is 15.9 Å². The highest BCUT2D eigenvalue weighted by atomic mass is 79.9. The van der Waals surface area contributed by atoms with Crippen LogP contribution in [0.25, 0.3) is 0 Å². The summed E-state index contributed by atoms with van der Waals surface area (Å²) in [4.78, 5) is 25.1. The van der Waals surface area contributed by atoms with E-state index in [0.29, 0.717) is 17.9 Å². The number of carbonyl (C=O) groups is 2. The van der Waals surface area contributed by atoms with Crippen LogP contribution in [0.3, 0.4) is 0 Å². The van der Waals surface area contributed by atoms with E-state index < -0.39 is 5.97 Å². The second kappa shape index (κ2) is 8.49. The number of rotatable bonds is 6. The zero-order chi connectivity index (χ0) is 17.5. The van der Waals surface area contributed by atoms with Gasteiger partial charge in [-0.15, -0.1) is 0 Å². The van der Waals surface area contributed by atoms with Gasteiger partial charge in [0, 0.05) is 18.1 Å². The second-order valence-corrected chi connectivity index (χ2v) is 6.00. The fraction of sp³-hybridized carbons (Fsp3) is 0.222. The molecule has 2 aromatic carbocycles. The van der Waals surface area contributed by atoms with Crippen molar-refractivity contribution in [1.82, 2.24) is 4.90 Å². The van der Waals surface area contributed by atoms with E-state index in [0.717, 1.165) is 10.0 Å². The Kier molecular flexibility index (Phi) is 6.37. The monoisotopic (exact) mass is 391 g/mol. The van der Waals surface area contributed by atoms with Crippen molar-refractivity contribution in [3.8, 4) is 5.75 Å². The molecule has 24 heavy (non-hydrogen) atoms. The number of likely N-dealkylation sites (N-methyl/N-ethyl adjacent to an activating group) is 1. The number of hydrogen-bond donors (Lipinski definition) is 0. The first kappa shape index (κ1) is 18.0. The standard InChI is InChI=1S/C18H18BrNO4/c1-20(11-14-5-3-4-6-16(14)19)17(21)12-24-15-9-7-13(8-10-15)18(22)23-2/h3-10H,11-12H2,1-2H3. The lowest BCUT2D eigenvalue weighted by molar-refractivity contribution is -0.132. The molecule has 0 bridgehead atoms. The Balaban J connectivity index is 1.88. The average Bonchev–Trinajstić information content (AvgIpc) is 2.61. The fourth-order valence-electron chi connectivity index (χ4n) is 2.03. The van der Waals surface area contributed by atoms with Crippen molar-refractivity contribution in [2.75, 3.05) is 20.8 Å². The van der Waals surface area contributed by atoms with Gasteiger partial charge in [0.25, 0.3) is 5.91 Å². The van der Waals surface area contributed by atoms with Crippen LogP contribution in [0, 0.1) is 0 Å². The van der Waals surface area contributed by atoms with Crippen molar-refractivity contribution in [2.45, 2.75) is 6.54 Å². The molecule has 0 aliphatic rings. The van der Waals surface area contributed by atoms with E-state index in [1.54, 1.807) is 36.2 Å². The summed E-state index contributed by atoms with van der Waals surface area (Å²) in [5.41, 5.74) is 1.46. The Labute approximate surface area is 149 Å². The highest BCUT2D eigenvalue weighted by Crippen LogP contribution is 2.17. The van der Waals surface area contributed by atoms with Gasteiger partial charge in [0.15, 0.2) is 6.61 Å². The Hall–Kier alpha value is -2.34. The minimum absolute atomic E-state index is 0.0709. The summed E-state index contributed by atoms with van der Waals surface area (Å²) in [5.74, 6) is -0.0288. The van der Waals surface area contributed by atoms with Crippen LogP contribution in [0.2, 0.25) is 0 Å². The molecule has 0 spiro atoms. The highest BCUT2D eigenvalue weighted by molar-refractivity contribution is 9.10. The molecule has 126 valence electrons. The molecule has 0 radical (unpaired) electrons. The lowest BCUT2D eigenvalue weighted by Gasteiger charge is -2.18. The molecule has 0 saturated carbocycles. The van der Waals surface area contributed by atoms with Gasteiger partial charge in [-0.1, -0.05) is 34.1 Å². The van der Waals surface area contributed by atoms with Crippen LogP contribution < -0.4 is 4.74 Å². The van der Waals surface area contributed by atoms with Gasteiger partial charge in [0.2, 0.25) is 0 Å². The summed E-state index contributed by atoms with van der Waals surface area (Å²) in [6, 6.07) is 14.2. The van der Waals surface area contributed by atoms with E-state index in [4.69, 9.17) is 4.74 Å². The number of ether oxygens (including phenoxy) is 2. The molecule has 0 aliphatic carbocycles. The molecule has 0 unspecified atom stereocenters. The third-order valence-corrected chi connectivity index (χ3v) is 4.20. The molecule has 0 aliphatic heterocycles. The Bertz CT molecular complexity index is 715. The van der Waals surface area contributed by atoms with Crippen LogP contribution >= 0.6 is 15.9 Å². The maximum Gasteiger partial charge on any atom is 0.337 e. The molecule has 2 rings (SSSR count). The Morgan fingerprint density at radius 3 is 2.38 bits per heavy atom. The Morgan fingerprint density at radius 2 is 1.75 bits per heavy atom. The number of nitrogens with zero attached hydrogens (tertiary/aromatic N) is 1. The zero-order valence-corrected chi connectivity index (χ0v) is 15.1. The summed E-state index contributed by atoms with van der Waals surface area (Å²) in [6.07, 6.45) is 0. The van der Waals surface area contributed by atoms with Gasteiger partial charge in [-0.25, -0.2) is 4.79 Å². The number of carbonyl (C=O) groups excluding carboxylic acids is 2. The number of halogens is 1. The van der Waals surface area contributed by atoms with Crippen molar-refractivity contribution in [2.24, 2.45) is 0 Å². The van der Waals surface area contributed by atoms with Crippen molar-refractivity contribution >= 4 is 27.8 Å². The SMILES string of the molecule is COC(=O)c1ccc(OCC(=O)N(C)Cc2ccccc2Br)cc1. The van der Waals surface area contributed by atoms with E-state index >= 15 is 0 Å². The van der Waals surface area contributed by atoms with E-state index in [1.165, 1.54) is 7.11 Å². The van der Waals surface area contributed by atoms with Crippen molar-refractivity contribution in [3.63, 3.8) is 0 Å². The predicted octanol–water partition coefficient (Wildman–Crippen LogP) is 3.27. The van der Waals surface area contributed by atoms with Gasteiger partial charge in [-0.05, 0) is 35.9 Å². The number of benzene rings is 2. The molecule has 0 atom stereocenters. The highest BCUT2D eigenvalue weighted by Gasteiger charge is 2.12. The topological polar surface area (TPSA) is 55.8 Å². The minimum atomic E-state index is -0.411. The van der Waals surface area contributed by atoms with E-state index in [9.17, 15) is 9.59 Å². The van der Waals surface area contributed by atoms with E-state index in [1.807, 2.05) is 24.3 Å². The molecular formula is C18H18BrNO4. The van der Waals surface area contributed by atoms with Crippen LogP contribution in [0.15, 0.2) is 53.0 Å². The molecule has 2 aromatic rings. The summed E-state index contributed by atoms with van der Waals surface area (Å²) in [7, 11) is 3.05. The molecule has 0 heterocycles. The minimum Gasteiger partial charge on any atom is -0.484 e. The first-order chi connectivity index (χ1) is 11.5. The van der Waals surface area contributed by atoms with E-state index in [-0.39, 0.29) is 12.5 Å². The fourth-order valence-corrected chi connectivity index (χ4v) is 2.44. The van der Waals surface area contributed by atoms with Crippen molar-refractivity contribution in [1.29, 1.82) is 0 Å². The molecule has 1 amide bonds. The van der Waals surface area contributed by atoms with Gasteiger partial charge in [0.05, 0.1) is 12.7 Å². The maximum atomic E-state index is 12.2. The lowest BCUT2D eigenvalue weighted by atomic mass is 10.2. The van der Waals surface area contributed by atoms with Gasteiger partial charge >= 0.3 is 5.97 Å². The first-order valence-electron chi connectivity index (χ1n) is 7.30. The van der Waals surface area contributed by atoms with Gasteiger partial charge in [-0.3, -0.25) is 4.79 Å². The van der Waals surface area contributed by atoms with Crippen LogP contribution in [0.4, 0.5) is 0 Å². The van der Waals surface area contributed by atoms with Crippen molar-refractivity contribution < 1.29 is 19.1 Å². The smallest absolute Gasteiger partial charge is 0.337 e. The van der Waals surface area contributed by atoms with Gasteiger partial charge in [0.1, 0.15) is 5.75 Å². The normalized spacial score (nSPS) is 10.1. The Morgan fingerprint density at radius 1 is 1.08 bits per heavy atom. The molecule has 0 aromatic heterocycles.